The summed E-state index contributed by atoms with van der Waals surface area (Å²) >= 11 is 3.64. The quantitative estimate of drug-likeness (QED) is 0.231. The highest BCUT2D eigenvalue weighted by molar-refractivity contribution is 9.10. The van der Waals surface area contributed by atoms with E-state index in [0.717, 1.165) is 30.9 Å². The zero-order valence-electron chi connectivity index (χ0n) is 13.0. The summed E-state index contributed by atoms with van der Waals surface area (Å²) in [4.78, 5) is 0. The number of hydrogen-bond acceptors (Lipinski definition) is 3. The number of alkyl halides is 1. The Balaban J connectivity index is 1.80. The van der Waals surface area contributed by atoms with Gasteiger partial charge in [0.05, 0.1) is 12.3 Å². The molecule has 0 aromatic heterocycles. The average molecular weight is 363 g/mol. The van der Waals surface area contributed by atoms with Crippen molar-refractivity contribution in [2.75, 3.05) is 6.61 Å². The second-order valence-electron chi connectivity index (χ2n) is 5.41. The van der Waals surface area contributed by atoms with Gasteiger partial charge in [-0.25, -0.2) is 0 Å². The number of azo groups is 1. The summed E-state index contributed by atoms with van der Waals surface area (Å²) in [6, 6.07) is 9.75. The Bertz CT molecular complexity index is 539. The molecule has 0 fully saturated rings. The fourth-order valence-electron chi connectivity index (χ4n) is 2.13. The molecule has 0 N–H and O–H groups in total. The lowest BCUT2D eigenvalue weighted by Crippen LogP contribution is -2.15. The third-order valence-corrected chi connectivity index (χ3v) is 4.19. The van der Waals surface area contributed by atoms with E-state index in [9.17, 15) is 0 Å². The number of hydrogen-bond donors (Lipinski definition) is 0. The number of rotatable bonds is 8. The molecule has 0 radical (unpaired) electrons. The molecule has 0 saturated heterocycles. The summed E-state index contributed by atoms with van der Waals surface area (Å²) in [5, 5.41) is 8.67. The Morgan fingerprint density at radius 1 is 1.18 bits per heavy atom. The second-order valence-corrected chi connectivity index (χ2v) is 6.78. The van der Waals surface area contributed by atoms with Gasteiger partial charge in [0.2, 0.25) is 0 Å². The Kier molecular flexibility index (Phi) is 6.84. The van der Waals surface area contributed by atoms with E-state index in [1.807, 2.05) is 42.5 Å². The first-order valence-corrected chi connectivity index (χ1v) is 8.70. The molecule has 4 heteroatoms. The van der Waals surface area contributed by atoms with Crippen LogP contribution in [-0.2, 0) is 4.74 Å². The van der Waals surface area contributed by atoms with Crippen molar-refractivity contribution in [1.82, 2.24) is 0 Å². The Morgan fingerprint density at radius 2 is 2.00 bits per heavy atom. The molecule has 1 aliphatic rings. The smallest absolute Gasteiger partial charge is 0.158 e. The lowest BCUT2D eigenvalue weighted by Gasteiger charge is -2.20. The fourth-order valence-corrected chi connectivity index (χ4v) is 2.50. The van der Waals surface area contributed by atoms with E-state index in [1.54, 1.807) is 0 Å². The van der Waals surface area contributed by atoms with Gasteiger partial charge in [0, 0.05) is 6.42 Å². The van der Waals surface area contributed by atoms with Gasteiger partial charge >= 0.3 is 0 Å². The Hall–Kier alpha value is -1.42. The van der Waals surface area contributed by atoms with Crippen molar-refractivity contribution in [2.45, 2.75) is 43.5 Å². The van der Waals surface area contributed by atoms with Crippen LogP contribution < -0.4 is 0 Å². The molecule has 0 saturated carbocycles. The van der Waals surface area contributed by atoms with E-state index in [0.29, 0.717) is 0 Å². The third-order valence-electron chi connectivity index (χ3n) is 3.45. The molecule has 1 aliphatic carbocycles. The maximum Gasteiger partial charge on any atom is 0.158 e. The predicted molar refractivity (Wildman–Crippen MR) is 94.6 cm³/mol. The average Bonchev–Trinajstić information content (AvgIpc) is 2.56. The van der Waals surface area contributed by atoms with E-state index in [-0.39, 0.29) is 0 Å². The number of halogens is 1. The van der Waals surface area contributed by atoms with Gasteiger partial charge < -0.3 is 4.74 Å². The molecule has 1 unspecified atom stereocenters. The lowest BCUT2D eigenvalue weighted by atomic mass is 10.1. The van der Waals surface area contributed by atoms with Crippen molar-refractivity contribution in [2.24, 2.45) is 10.2 Å². The molecular weight excluding hydrogens is 340 g/mol. The highest BCUT2D eigenvalue weighted by Crippen LogP contribution is 2.33. The van der Waals surface area contributed by atoms with E-state index >= 15 is 0 Å². The van der Waals surface area contributed by atoms with E-state index in [2.05, 4.69) is 39.2 Å². The molecule has 0 amide bonds. The van der Waals surface area contributed by atoms with Gasteiger partial charge in [-0.15, -0.1) is 0 Å². The maximum atomic E-state index is 5.77. The molecule has 0 bridgehead atoms. The normalized spacial score (nSPS) is 21.1. The van der Waals surface area contributed by atoms with Crippen LogP contribution in [0.1, 0.15) is 39.0 Å². The standard InChI is InChI=1S/C18H23BrN2O/c1-2-3-4-8-15-22-17-11-13-18(19,14-12-17)21-20-16-9-6-5-7-10-16/h5-7,9-13H,2-4,8,14-15H2,1H3. The number of unbranched alkanes of at least 4 members (excludes halogenated alkanes) is 3. The van der Waals surface area contributed by atoms with E-state index in [1.165, 1.54) is 19.3 Å². The van der Waals surface area contributed by atoms with Crippen molar-refractivity contribution in [3.8, 4) is 0 Å². The van der Waals surface area contributed by atoms with E-state index < -0.39 is 4.45 Å². The van der Waals surface area contributed by atoms with Crippen LogP contribution in [0.4, 0.5) is 5.69 Å². The van der Waals surface area contributed by atoms with Gasteiger partial charge in [0.15, 0.2) is 4.45 Å². The molecule has 0 spiro atoms. The van der Waals surface area contributed by atoms with Crippen LogP contribution in [0.15, 0.2) is 64.5 Å². The van der Waals surface area contributed by atoms with Crippen LogP contribution in [0.3, 0.4) is 0 Å². The largest absolute Gasteiger partial charge is 0.494 e. The summed E-state index contributed by atoms with van der Waals surface area (Å²) in [7, 11) is 0. The van der Waals surface area contributed by atoms with Crippen molar-refractivity contribution < 1.29 is 4.74 Å². The topological polar surface area (TPSA) is 34.0 Å². The SMILES string of the molecule is CCCCCCOC1=CCC(Br)(N=Nc2ccccc2)C=C1. The summed E-state index contributed by atoms with van der Waals surface area (Å²) in [6.45, 7) is 3.00. The highest BCUT2D eigenvalue weighted by Gasteiger charge is 2.24. The summed E-state index contributed by atoms with van der Waals surface area (Å²) < 4.78 is 5.31. The number of allylic oxidation sites excluding steroid dienone is 1. The summed E-state index contributed by atoms with van der Waals surface area (Å²) in [6.07, 6.45) is 11.7. The first-order valence-electron chi connectivity index (χ1n) is 7.91. The fraction of sp³-hybridized carbons (Fsp3) is 0.444. The second kappa shape index (κ2) is 8.89. The molecule has 0 heterocycles. The molecule has 118 valence electrons. The van der Waals surface area contributed by atoms with Crippen LogP contribution in [0.25, 0.3) is 0 Å². The monoisotopic (exact) mass is 362 g/mol. The first kappa shape index (κ1) is 16.9. The minimum Gasteiger partial charge on any atom is -0.494 e. The van der Waals surface area contributed by atoms with Crippen molar-refractivity contribution in [3.05, 3.63) is 54.3 Å². The number of nitrogens with zero attached hydrogens (tertiary/aromatic N) is 2. The highest BCUT2D eigenvalue weighted by atomic mass is 79.9. The molecule has 3 nitrogen and oxygen atoms in total. The van der Waals surface area contributed by atoms with Gasteiger partial charge in [-0.1, -0.05) is 60.3 Å². The molecule has 1 aromatic rings. The van der Waals surface area contributed by atoms with Gasteiger partial charge in [0.1, 0.15) is 5.76 Å². The van der Waals surface area contributed by atoms with Gasteiger partial charge in [0.25, 0.3) is 0 Å². The molecule has 0 aliphatic heterocycles. The molecular formula is C18H23BrN2O. The zero-order valence-corrected chi connectivity index (χ0v) is 14.6. The first-order chi connectivity index (χ1) is 10.7. The third kappa shape index (κ3) is 5.76. The van der Waals surface area contributed by atoms with Crippen molar-refractivity contribution in [1.29, 1.82) is 0 Å². The molecule has 1 atom stereocenters. The minimum atomic E-state index is -0.460. The van der Waals surface area contributed by atoms with Crippen LogP contribution in [0.2, 0.25) is 0 Å². The van der Waals surface area contributed by atoms with Crippen molar-refractivity contribution >= 4 is 21.6 Å². The van der Waals surface area contributed by atoms with Crippen LogP contribution in [-0.4, -0.2) is 11.1 Å². The van der Waals surface area contributed by atoms with Gasteiger partial charge in [-0.2, -0.15) is 10.2 Å². The van der Waals surface area contributed by atoms with E-state index in [4.69, 9.17) is 4.74 Å². The molecule has 2 rings (SSSR count). The Morgan fingerprint density at radius 3 is 2.68 bits per heavy atom. The van der Waals surface area contributed by atoms with Crippen molar-refractivity contribution in [3.63, 3.8) is 0 Å². The maximum absolute atomic E-state index is 5.77. The van der Waals surface area contributed by atoms with Crippen LogP contribution >= 0.6 is 15.9 Å². The molecule has 22 heavy (non-hydrogen) atoms. The number of benzene rings is 1. The zero-order chi connectivity index (χ0) is 15.7. The summed E-state index contributed by atoms with van der Waals surface area (Å²) in [5.74, 6) is 0.932. The van der Waals surface area contributed by atoms with Crippen LogP contribution in [0.5, 0.6) is 0 Å². The molecule has 1 aromatic carbocycles. The number of ether oxygens (including phenoxy) is 1. The Labute approximate surface area is 141 Å². The van der Waals surface area contributed by atoms with Gasteiger partial charge in [-0.3, -0.25) is 0 Å². The van der Waals surface area contributed by atoms with Crippen LogP contribution in [0, 0.1) is 0 Å². The van der Waals surface area contributed by atoms with Gasteiger partial charge in [-0.05, 0) is 36.8 Å². The minimum absolute atomic E-state index is 0.460. The predicted octanol–water partition coefficient (Wildman–Crippen LogP) is 6.30. The lowest BCUT2D eigenvalue weighted by molar-refractivity contribution is 0.214. The summed E-state index contributed by atoms with van der Waals surface area (Å²) in [5.41, 5.74) is 0.858.